The minimum Gasteiger partial charge on any atom is -0.502 e. The van der Waals surface area contributed by atoms with Crippen LogP contribution in [0.2, 0.25) is 0 Å². The molecule has 11 heteroatoms. The number of methoxy groups -OCH3 is 2. The minimum absolute atomic E-state index is 0.0593. The zero-order valence-corrected chi connectivity index (χ0v) is 19.9. The smallest absolute Gasteiger partial charge is 0.407 e. The van der Waals surface area contributed by atoms with E-state index < -0.39 is 35.9 Å². The van der Waals surface area contributed by atoms with Crippen molar-refractivity contribution in [1.82, 2.24) is 5.32 Å². The van der Waals surface area contributed by atoms with Gasteiger partial charge in [0.2, 0.25) is 12.5 Å². The number of cyclic esters (lactones) is 1. The molecule has 0 radical (unpaired) electrons. The number of carbonyl (C=O) groups is 2. The van der Waals surface area contributed by atoms with Crippen LogP contribution in [0.25, 0.3) is 0 Å². The van der Waals surface area contributed by atoms with Crippen LogP contribution in [0.5, 0.6) is 28.7 Å². The van der Waals surface area contributed by atoms with Crippen LogP contribution < -0.4 is 30.0 Å². The van der Waals surface area contributed by atoms with Crippen molar-refractivity contribution in [1.29, 1.82) is 0 Å². The van der Waals surface area contributed by atoms with Crippen LogP contribution in [0.3, 0.4) is 0 Å². The molecule has 4 N–H and O–H groups in total. The van der Waals surface area contributed by atoms with Gasteiger partial charge in [-0.3, -0.25) is 4.79 Å². The lowest BCUT2D eigenvalue weighted by Gasteiger charge is -2.38. The Morgan fingerprint density at radius 3 is 2.39 bits per heavy atom. The van der Waals surface area contributed by atoms with Crippen molar-refractivity contribution < 1.29 is 43.1 Å². The fraction of sp³-hybridized carbons (Fsp3) is 0.440. The monoisotopic (exact) mass is 500 g/mol. The molecule has 4 atom stereocenters. The predicted octanol–water partition coefficient (Wildman–Crippen LogP) is 2.19. The van der Waals surface area contributed by atoms with Gasteiger partial charge in [0.1, 0.15) is 6.10 Å². The van der Waals surface area contributed by atoms with Gasteiger partial charge < -0.3 is 44.6 Å². The first-order valence-corrected chi connectivity index (χ1v) is 11.7. The first-order chi connectivity index (χ1) is 17.5. The van der Waals surface area contributed by atoms with E-state index in [4.69, 9.17) is 34.2 Å². The number of aromatic hydroxyl groups is 1. The molecular weight excluding hydrogens is 472 g/mol. The van der Waals surface area contributed by atoms with E-state index in [1.807, 2.05) is 0 Å². The second kappa shape index (κ2) is 9.65. The van der Waals surface area contributed by atoms with Gasteiger partial charge in [0.25, 0.3) is 0 Å². The average molecular weight is 501 g/mol. The van der Waals surface area contributed by atoms with Crippen LogP contribution in [-0.4, -0.2) is 57.9 Å². The van der Waals surface area contributed by atoms with Gasteiger partial charge in [-0.15, -0.1) is 0 Å². The maximum atomic E-state index is 13.1. The van der Waals surface area contributed by atoms with Crippen molar-refractivity contribution in [2.45, 2.75) is 18.4 Å². The summed E-state index contributed by atoms with van der Waals surface area (Å²) in [6, 6.07) is 6.93. The van der Waals surface area contributed by atoms with E-state index in [0.29, 0.717) is 47.7 Å². The third-order valence-corrected chi connectivity index (χ3v) is 6.86. The zero-order chi connectivity index (χ0) is 25.4. The molecule has 0 spiro atoms. The third kappa shape index (κ3) is 3.98. The number of esters is 1. The normalized spacial score (nSPS) is 23.4. The van der Waals surface area contributed by atoms with E-state index in [1.165, 1.54) is 14.2 Å². The molecule has 1 fully saturated rings. The number of amides is 1. The van der Waals surface area contributed by atoms with Crippen LogP contribution in [0, 0.1) is 11.8 Å². The predicted molar refractivity (Wildman–Crippen MR) is 124 cm³/mol. The highest BCUT2D eigenvalue weighted by Crippen LogP contribution is 2.56. The number of rotatable bonds is 7. The summed E-state index contributed by atoms with van der Waals surface area (Å²) >= 11 is 0. The van der Waals surface area contributed by atoms with Gasteiger partial charge in [-0.1, -0.05) is 0 Å². The summed E-state index contributed by atoms with van der Waals surface area (Å²) in [5, 5.41) is 13.2. The highest BCUT2D eigenvalue weighted by molar-refractivity contribution is 5.79. The number of benzene rings is 2. The minimum atomic E-state index is -0.763. The molecule has 3 aliphatic rings. The highest BCUT2D eigenvalue weighted by atomic mass is 16.7. The summed E-state index contributed by atoms with van der Waals surface area (Å²) in [7, 11) is 2.87. The van der Waals surface area contributed by atoms with E-state index in [9.17, 15) is 14.7 Å². The Morgan fingerprint density at radius 2 is 1.75 bits per heavy atom. The van der Waals surface area contributed by atoms with Gasteiger partial charge in [0.15, 0.2) is 23.0 Å². The molecule has 0 unspecified atom stereocenters. The maximum Gasteiger partial charge on any atom is 0.407 e. The van der Waals surface area contributed by atoms with Crippen molar-refractivity contribution in [3.8, 4) is 28.7 Å². The Morgan fingerprint density at radius 1 is 1.08 bits per heavy atom. The number of carbonyl (C=O) groups excluding carboxylic acids is 2. The quantitative estimate of drug-likeness (QED) is 0.382. The molecule has 2 aliphatic heterocycles. The molecule has 2 heterocycles. The van der Waals surface area contributed by atoms with Crippen LogP contribution >= 0.6 is 0 Å². The second-order valence-electron chi connectivity index (χ2n) is 8.80. The van der Waals surface area contributed by atoms with Gasteiger partial charge >= 0.3 is 12.1 Å². The largest absolute Gasteiger partial charge is 0.502 e. The molecule has 192 valence electrons. The lowest BCUT2D eigenvalue weighted by molar-refractivity contribution is -0.141. The molecule has 5 rings (SSSR count). The zero-order valence-electron chi connectivity index (χ0n) is 19.9. The fourth-order valence-electron chi connectivity index (χ4n) is 5.21. The number of hydrogen-bond donors (Lipinski definition) is 3. The standard InChI is InChI=1S/C25H28N2O9/c1-31-18-6-12(7-19(32-2)22(18)28)20-13-8-16-17(35-11-34-16)9-14(13)23(15-10-33-24(29)21(15)20)36-25(30)27-5-3-4-26/h6-9,15,20-21,23,28H,3-5,10-11,26H2,1-2H3,(H,27,30)/t15-,20+,21-,23+/m0/s1. The molecule has 1 aliphatic carbocycles. The maximum absolute atomic E-state index is 13.1. The van der Waals surface area contributed by atoms with Crippen molar-refractivity contribution >= 4 is 12.1 Å². The summed E-state index contributed by atoms with van der Waals surface area (Å²) in [6.45, 7) is 0.949. The molecular formula is C25H28N2O9. The first-order valence-electron chi connectivity index (χ1n) is 11.7. The topological polar surface area (TPSA) is 148 Å². The number of nitrogens with two attached hydrogens (primary N) is 1. The van der Waals surface area contributed by atoms with E-state index in [1.54, 1.807) is 24.3 Å². The van der Waals surface area contributed by atoms with Crippen molar-refractivity contribution in [3.05, 3.63) is 41.0 Å². The van der Waals surface area contributed by atoms with Crippen molar-refractivity contribution in [2.75, 3.05) is 40.7 Å². The summed E-state index contributed by atoms with van der Waals surface area (Å²) in [5.74, 6) is -0.748. The number of ether oxygens (including phenoxy) is 6. The number of phenols is 1. The molecule has 0 aromatic heterocycles. The highest BCUT2D eigenvalue weighted by Gasteiger charge is 2.54. The SMILES string of the molecule is COc1cc([C@@H]2c3cc4c(cc3[C@@H](OC(=O)NCCCN)[C@H]3COC(=O)[C@H]23)OCO4)cc(OC)c1O. The van der Waals surface area contributed by atoms with E-state index >= 15 is 0 Å². The molecule has 1 amide bonds. The third-order valence-electron chi connectivity index (χ3n) is 6.86. The van der Waals surface area contributed by atoms with Crippen LogP contribution in [0.1, 0.15) is 35.1 Å². The van der Waals surface area contributed by atoms with Gasteiger partial charge in [-0.05, 0) is 48.4 Å². The molecule has 0 bridgehead atoms. The van der Waals surface area contributed by atoms with Crippen molar-refractivity contribution in [3.63, 3.8) is 0 Å². The Kier molecular flexibility index (Phi) is 6.40. The van der Waals surface area contributed by atoms with Gasteiger partial charge in [-0.25, -0.2) is 4.79 Å². The molecule has 36 heavy (non-hydrogen) atoms. The van der Waals surface area contributed by atoms with Crippen molar-refractivity contribution in [2.24, 2.45) is 17.6 Å². The van der Waals surface area contributed by atoms with Crippen LogP contribution in [0.4, 0.5) is 4.79 Å². The summed E-state index contributed by atoms with van der Waals surface area (Å²) in [5.41, 5.74) is 7.58. The molecule has 1 saturated heterocycles. The molecule has 0 saturated carbocycles. The van der Waals surface area contributed by atoms with Gasteiger partial charge in [-0.2, -0.15) is 0 Å². The molecule has 11 nitrogen and oxygen atoms in total. The van der Waals surface area contributed by atoms with E-state index in [-0.39, 0.29) is 30.6 Å². The molecule has 2 aromatic carbocycles. The Bertz CT molecular complexity index is 1160. The number of hydrogen-bond acceptors (Lipinski definition) is 10. The Labute approximate surface area is 207 Å². The van der Waals surface area contributed by atoms with Gasteiger partial charge in [0, 0.05) is 23.9 Å². The van der Waals surface area contributed by atoms with Crippen LogP contribution in [-0.2, 0) is 14.3 Å². The van der Waals surface area contributed by atoms with E-state index in [2.05, 4.69) is 5.32 Å². The summed E-state index contributed by atoms with van der Waals surface area (Å²) in [4.78, 5) is 25.7. The van der Waals surface area contributed by atoms with Crippen LogP contribution in [0.15, 0.2) is 24.3 Å². The second-order valence-corrected chi connectivity index (χ2v) is 8.80. The Balaban J connectivity index is 1.64. The van der Waals surface area contributed by atoms with Gasteiger partial charge in [0.05, 0.1) is 26.7 Å². The molecule has 2 aromatic rings. The number of fused-ring (bicyclic) bond motifs is 3. The Hall–Kier alpha value is -3.86. The average Bonchev–Trinajstić information content (AvgIpc) is 3.49. The first kappa shape index (κ1) is 23.9. The number of alkyl carbamates (subject to hydrolysis) is 1. The summed E-state index contributed by atoms with van der Waals surface area (Å²) < 4.78 is 33.3. The lowest BCUT2D eigenvalue weighted by Crippen LogP contribution is -2.38. The number of nitrogens with one attached hydrogen (secondary N) is 1. The number of phenolic OH excluding ortho intramolecular Hbond substituents is 1. The summed E-state index contributed by atoms with van der Waals surface area (Å²) in [6.07, 6.45) is -0.766. The lowest BCUT2D eigenvalue weighted by atomic mass is 9.66. The van der Waals surface area contributed by atoms with E-state index in [0.717, 1.165) is 0 Å². The fourth-order valence-corrected chi connectivity index (χ4v) is 5.21.